The fourth-order valence-corrected chi connectivity index (χ4v) is 4.05. The first-order chi connectivity index (χ1) is 14.1. The van der Waals surface area contributed by atoms with Crippen LogP contribution in [0.15, 0.2) is 54.6 Å². The van der Waals surface area contributed by atoms with Crippen molar-refractivity contribution in [3.63, 3.8) is 0 Å². The number of methoxy groups -OCH3 is 1. The molecule has 29 heavy (non-hydrogen) atoms. The number of hydrogen-bond acceptors (Lipinski definition) is 7. The molecule has 0 unspecified atom stereocenters. The van der Waals surface area contributed by atoms with Crippen LogP contribution in [0.4, 0.5) is 5.69 Å². The van der Waals surface area contributed by atoms with E-state index in [1.807, 2.05) is 54.6 Å². The summed E-state index contributed by atoms with van der Waals surface area (Å²) in [6, 6.07) is 17.3. The molecule has 0 saturated carbocycles. The summed E-state index contributed by atoms with van der Waals surface area (Å²) in [4.78, 5) is 22.8. The highest BCUT2D eigenvalue weighted by molar-refractivity contribution is 7.21. The van der Waals surface area contributed by atoms with Gasteiger partial charge in [0.15, 0.2) is 5.82 Å². The number of esters is 1. The number of thiophene rings is 1. The van der Waals surface area contributed by atoms with Gasteiger partial charge in [0.25, 0.3) is 0 Å². The van der Waals surface area contributed by atoms with Crippen molar-refractivity contribution in [2.75, 3.05) is 19.5 Å². The van der Waals surface area contributed by atoms with Gasteiger partial charge in [-0.3, -0.25) is 0 Å². The zero-order valence-electron chi connectivity index (χ0n) is 16.0. The molecule has 0 fully saturated rings. The first kappa shape index (κ1) is 18.9. The van der Waals surface area contributed by atoms with Crippen LogP contribution in [0.2, 0.25) is 0 Å². The Hall–Kier alpha value is -3.45. The Labute approximate surface area is 171 Å². The minimum Gasteiger partial charge on any atom is -0.497 e. The Bertz CT molecular complexity index is 1190. The molecule has 4 aromatic rings. The Kier molecular flexibility index (Phi) is 5.14. The third-order valence-corrected chi connectivity index (χ3v) is 5.50. The number of carbonyl (C=O) groups is 1. The zero-order valence-corrected chi connectivity index (χ0v) is 16.8. The van der Waals surface area contributed by atoms with Gasteiger partial charge in [0.2, 0.25) is 0 Å². The van der Waals surface area contributed by atoms with Crippen LogP contribution in [-0.4, -0.2) is 29.7 Å². The smallest absolute Gasteiger partial charge is 0.350 e. The number of nitrogens with zero attached hydrogens (tertiary/aromatic N) is 2. The Morgan fingerprint density at radius 1 is 1.07 bits per heavy atom. The van der Waals surface area contributed by atoms with Crippen LogP contribution in [0.3, 0.4) is 0 Å². The summed E-state index contributed by atoms with van der Waals surface area (Å²) in [6.07, 6.45) is 0. The number of nitrogens with two attached hydrogens (primary N) is 1. The molecule has 0 spiro atoms. The summed E-state index contributed by atoms with van der Waals surface area (Å²) < 4.78 is 10.5. The molecule has 2 aromatic heterocycles. The maximum absolute atomic E-state index is 12.4. The normalized spacial score (nSPS) is 10.8. The Balaban J connectivity index is 2.01. The lowest BCUT2D eigenvalue weighted by atomic mass is 10.1. The molecular weight excluding hydrogens is 386 g/mol. The number of carbonyl (C=O) groups excluding carboxylic acids is 1. The number of ether oxygens (including phenoxy) is 2. The lowest BCUT2D eigenvalue weighted by molar-refractivity contribution is 0.0533. The third-order valence-electron chi connectivity index (χ3n) is 4.42. The fraction of sp³-hybridized carbons (Fsp3) is 0.136. The second kappa shape index (κ2) is 7.89. The van der Waals surface area contributed by atoms with E-state index in [-0.39, 0.29) is 6.61 Å². The summed E-state index contributed by atoms with van der Waals surface area (Å²) in [5.41, 5.74) is 9.06. The van der Waals surface area contributed by atoms with Crippen molar-refractivity contribution in [3.05, 3.63) is 59.5 Å². The van der Waals surface area contributed by atoms with Crippen molar-refractivity contribution < 1.29 is 14.3 Å². The summed E-state index contributed by atoms with van der Waals surface area (Å²) >= 11 is 1.22. The predicted octanol–water partition coefficient (Wildman–Crippen LogP) is 4.79. The van der Waals surface area contributed by atoms with Crippen molar-refractivity contribution >= 4 is 33.2 Å². The number of aromatic nitrogens is 2. The second-order valence-electron chi connectivity index (χ2n) is 6.24. The van der Waals surface area contributed by atoms with Gasteiger partial charge in [-0.1, -0.05) is 42.5 Å². The molecule has 0 aliphatic heterocycles. The van der Waals surface area contributed by atoms with E-state index < -0.39 is 5.97 Å². The maximum Gasteiger partial charge on any atom is 0.350 e. The predicted molar refractivity (Wildman–Crippen MR) is 115 cm³/mol. The lowest BCUT2D eigenvalue weighted by Crippen LogP contribution is -2.05. The van der Waals surface area contributed by atoms with E-state index in [2.05, 4.69) is 4.98 Å². The van der Waals surface area contributed by atoms with Gasteiger partial charge in [0.1, 0.15) is 15.5 Å². The average molecular weight is 405 g/mol. The van der Waals surface area contributed by atoms with Gasteiger partial charge in [-0.25, -0.2) is 14.8 Å². The molecule has 2 heterocycles. The van der Waals surface area contributed by atoms with Gasteiger partial charge in [-0.15, -0.1) is 11.3 Å². The number of rotatable bonds is 5. The molecule has 2 aromatic carbocycles. The van der Waals surface area contributed by atoms with Gasteiger partial charge in [-0.05, 0) is 19.1 Å². The van der Waals surface area contributed by atoms with Crippen molar-refractivity contribution in [1.29, 1.82) is 0 Å². The molecular formula is C22H19N3O3S. The SMILES string of the molecule is CCOC(=O)c1sc2nc(-c3ccccc3)nc(-c3cccc(OC)c3)c2c1N. The molecule has 2 N–H and O–H groups in total. The van der Waals surface area contributed by atoms with Gasteiger partial charge >= 0.3 is 5.97 Å². The molecule has 0 saturated heterocycles. The highest BCUT2D eigenvalue weighted by Gasteiger charge is 2.23. The number of hydrogen-bond donors (Lipinski definition) is 1. The first-order valence-electron chi connectivity index (χ1n) is 9.09. The molecule has 146 valence electrons. The molecule has 0 bridgehead atoms. The van der Waals surface area contributed by atoms with Crippen LogP contribution >= 0.6 is 11.3 Å². The summed E-state index contributed by atoms with van der Waals surface area (Å²) in [5.74, 6) is 0.813. The molecule has 0 atom stereocenters. The van der Waals surface area contributed by atoms with E-state index in [4.69, 9.17) is 20.2 Å². The van der Waals surface area contributed by atoms with Crippen LogP contribution in [0.1, 0.15) is 16.6 Å². The third kappa shape index (κ3) is 3.52. The minimum atomic E-state index is -0.453. The van der Waals surface area contributed by atoms with Gasteiger partial charge in [-0.2, -0.15) is 0 Å². The number of anilines is 1. The zero-order chi connectivity index (χ0) is 20.4. The quantitative estimate of drug-likeness (QED) is 0.480. The average Bonchev–Trinajstić information content (AvgIpc) is 3.10. The standard InChI is InChI=1S/C22H19N3O3S/c1-3-28-22(26)19-17(23)16-18(14-10-7-11-15(12-14)27-2)24-20(25-21(16)29-19)13-8-5-4-6-9-13/h4-12H,3,23H2,1-2H3. The van der Waals surface area contributed by atoms with E-state index >= 15 is 0 Å². The van der Waals surface area contributed by atoms with E-state index in [9.17, 15) is 4.79 Å². The number of nitrogen functional groups attached to an aromatic ring is 1. The maximum atomic E-state index is 12.4. The van der Waals surface area contributed by atoms with Gasteiger partial charge in [0, 0.05) is 11.1 Å². The number of benzene rings is 2. The molecule has 0 radical (unpaired) electrons. The summed E-state index contributed by atoms with van der Waals surface area (Å²) in [7, 11) is 1.61. The first-order valence-corrected chi connectivity index (χ1v) is 9.91. The minimum absolute atomic E-state index is 0.274. The van der Waals surface area contributed by atoms with Gasteiger partial charge in [0.05, 0.1) is 30.5 Å². The monoisotopic (exact) mass is 405 g/mol. The van der Waals surface area contributed by atoms with E-state index in [1.165, 1.54) is 11.3 Å². The second-order valence-corrected chi connectivity index (χ2v) is 7.24. The summed E-state index contributed by atoms with van der Waals surface area (Å²) in [6.45, 7) is 2.03. The largest absolute Gasteiger partial charge is 0.497 e. The Morgan fingerprint density at radius 3 is 2.55 bits per heavy atom. The van der Waals surface area contributed by atoms with Crippen LogP contribution in [0, 0.1) is 0 Å². The molecule has 0 aliphatic rings. The lowest BCUT2D eigenvalue weighted by Gasteiger charge is -2.09. The molecule has 7 heteroatoms. The van der Waals surface area contributed by atoms with Crippen molar-refractivity contribution in [2.24, 2.45) is 0 Å². The van der Waals surface area contributed by atoms with Crippen LogP contribution < -0.4 is 10.5 Å². The van der Waals surface area contributed by atoms with Gasteiger partial charge < -0.3 is 15.2 Å². The van der Waals surface area contributed by atoms with Crippen LogP contribution in [-0.2, 0) is 4.74 Å². The molecule has 0 amide bonds. The van der Waals surface area contributed by atoms with E-state index in [1.54, 1.807) is 14.0 Å². The van der Waals surface area contributed by atoms with Crippen molar-refractivity contribution in [2.45, 2.75) is 6.92 Å². The summed E-state index contributed by atoms with van der Waals surface area (Å²) in [5, 5.41) is 0.644. The van der Waals surface area contributed by atoms with E-state index in [0.717, 1.165) is 11.1 Å². The Morgan fingerprint density at radius 2 is 1.83 bits per heavy atom. The molecule has 0 aliphatic carbocycles. The molecule has 6 nitrogen and oxygen atoms in total. The van der Waals surface area contributed by atoms with Crippen molar-refractivity contribution in [1.82, 2.24) is 9.97 Å². The highest BCUT2D eigenvalue weighted by atomic mass is 32.1. The number of fused-ring (bicyclic) bond motifs is 1. The topological polar surface area (TPSA) is 87.3 Å². The van der Waals surface area contributed by atoms with E-state index in [0.29, 0.717) is 38.0 Å². The van der Waals surface area contributed by atoms with Crippen LogP contribution in [0.25, 0.3) is 32.9 Å². The fourth-order valence-electron chi connectivity index (χ4n) is 3.07. The highest BCUT2D eigenvalue weighted by Crippen LogP contribution is 2.40. The molecule has 4 rings (SSSR count). The van der Waals surface area contributed by atoms with Crippen LogP contribution in [0.5, 0.6) is 5.75 Å². The van der Waals surface area contributed by atoms with Crippen molar-refractivity contribution in [3.8, 4) is 28.4 Å².